The van der Waals surface area contributed by atoms with Crippen LogP contribution in [0.15, 0.2) is 36.4 Å². The summed E-state index contributed by atoms with van der Waals surface area (Å²) in [6, 6.07) is 11.9. The Morgan fingerprint density at radius 3 is 2.38 bits per heavy atom. The molecule has 0 atom stereocenters. The van der Waals surface area contributed by atoms with E-state index < -0.39 is 0 Å². The Hall–Kier alpha value is -1.96. The quantitative estimate of drug-likeness (QED) is 0.714. The smallest absolute Gasteiger partial charge is 0.168 e. The standard InChI is InChI=1S/C14H13NO/c1-10-5-3-4-6-13(10)14-8-7-12(9-16)15-11(14)2/h3-9H,1-2H3. The summed E-state index contributed by atoms with van der Waals surface area (Å²) in [4.78, 5) is 14.9. The van der Waals surface area contributed by atoms with E-state index in [0.717, 1.165) is 17.5 Å². The highest BCUT2D eigenvalue weighted by Crippen LogP contribution is 2.25. The number of nitrogens with zero attached hydrogens (tertiary/aromatic N) is 1. The average Bonchev–Trinajstić information content (AvgIpc) is 2.30. The van der Waals surface area contributed by atoms with Gasteiger partial charge in [-0.05, 0) is 31.0 Å². The maximum Gasteiger partial charge on any atom is 0.168 e. The number of aldehydes is 1. The molecule has 0 spiro atoms. The molecule has 1 heterocycles. The first-order valence-electron chi connectivity index (χ1n) is 5.21. The van der Waals surface area contributed by atoms with Gasteiger partial charge in [-0.3, -0.25) is 4.79 Å². The first-order chi connectivity index (χ1) is 7.72. The number of aryl methyl sites for hydroxylation is 2. The predicted molar refractivity (Wildman–Crippen MR) is 64.5 cm³/mol. The van der Waals surface area contributed by atoms with Crippen molar-refractivity contribution in [3.05, 3.63) is 53.3 Å². The summed E-state index contributed by atoms with van der Waals surface area (Å²) < 4.78 is 0. The molecule has 80 valence electrons. The molecule has 2 rings (SSSR count). The molecule has 0 unspecified atom stereocenters. The fraction of sp³-hybridized carbons (Fsp3) is 0.143. The third-order valence-electron chi connectivity index (χ3n) is 2.66. The van der Waals surface area contributed by atoms with Crippen LogP contribution in [0.3, 0.4) is 0 Å². The molecule has 1 aromatic heterocycles. The molecule has 2 nitrogen and oxygen atoms in total. The summed E-state index contributed by atoms with van der Waals surface area (Å²) in [5.41, 5.74) is 4.84. The minimum atomic E-state index is 0.481. The second-order valence-corrected chi connectivity index (χ2v) is 3.80. The Balaban J connectivity index is 2.57. The van der Waals surface area contributed by atoms with E-state index in [2.05, 4.69) is 24.0 Å². The van der Waals surface area contributed by atoms with Crippen molar-refractivity contribution in [1.29, 1.82) is 0 Å². The van der Waals surface area contributed by atoms with Crippen LogP contribution in [0.1, 0.15) is 21.7 Å². The van der Waals surface area contributed by atoms with Crippen LogP contribution < -0.4 is 0 Å². The summed E-state index contributed by atoms with van der Waals surface area (Å²) in [5.74, 6) is 0. The molecule has 0 amide bonds. The van der Waals surface area contributed by atoms with Gasteiger partial charge in [-0.1, -0.05) is 30.3 Å². The van der Waals surface area contributed by atoms with Crippen LogP contribution in [0.5, 0.6) is 0 Å². The highest BCUT2D eigenvalue weighted by atomic mass is 16.1. The number of carbonyl (C=O) groups excluding carboxylic acids is 1. The first kappa shape index (κ1) is 10.6. The molecule has 0 fully saturated rings. The van der Waals surface area contributed by atoms with Crippen LogP contribution in [-0.4, -0.2) is 11.3 Å². The van der Waals surface area contributed by atoms with Crippen LogP contribution in [-0.2, 0) is 0 Å². The highest BCUT2D eigenvalue weighted by molar-refractivity contribution is 5.75. The van der Waals surface area contributed by atoms with E-state index in [9.17, 15) is 4.79 Å². The van der Waals surface area contributed by atoms with E-state index in [1.54, 1.807) is 6.07 Å². The number of pyridine rings is 1. The lowest BCUT2D eigenvalue weighted by molar-refractivity contribution is 0.111. The Kier molecular flexibility index (Phi) is 2.82. The van der Waals surface area contributed by atoms with Gasteiger partial charge < -0.3 is 0 Å². The summed E-state index contributed by atoms with van der Waals surface area (Å²) in [7, 11) is 0. The van der Waals surface area contributed by atoms with Gasteiger partial charge in [-0.2, -0.15) is 0 Å². The van der Waals surface area contributed by atoms with Crippen molar-refractivity contribution in [3.8, 4) is 11.1 Å². The van der Waals surface area contributed by atoms with Crippen molar-refractivity contribution in [2.75, 3.05) is 0 Å². The van der Waals surface area contributed by atoms with E-state index >= 15 is 0 Å². The number of aromatic nitrogens is 1. The number of rotatable bonds is 2. The summed E-state index contributed by atoms with van der Waals surface area (Å²) in [6.07, 6.45) is 0.772. The van der Waals surface area contributed by atoms with Crippen LogP contribution in [0.4, 0.5) is 0 Å². The van der Waals surface area contributed by atoms with Crippen LogP contribution in [0.2, 0.25) is 0 Å². The van der Waals surface area contributed by atoms with E-state index in [0.29, 0.717) is 5.69 Å². The molecule has 0 aliphatic rings. The molecular weight excluding hydrogens is 198 g/mol. The molecule has 0 aliphatic carbocycles. The molecular formula is C14H13NO. The Labute approximate surface area is 95.0 Å². The average molecular weight is 211 g/mol. The fourth-order valence-corrected chi connectivity index (χ4v) is 1.81. The molecule has 2 heteroatoms. The molecule has 0 aliphatic heterocycles. The Morgan fingerprint density at radius 2 is 1.75 bits per heavy atom. The molecule has 0 saturated heterocycles. The first-order valence-corrected chi connectivity index (χ1v) is 5.21. The predicted octanol–water partition coefficient (Wildman–Crippen LogP) is 3.18. The zero-order chi connectivity index (χ0) is 11.5. The maximum absolute atomic E-state index is 10.6. The van der Waals surface area contributed by atoms with E-state index in [4.69, 9.17) is 0 Å². The molecule has 0 saturated carbocycles. The van der Waals surface area contributed by atoms with Gasteiger partial charge in [-0.25, -0.2) is 4.98 Å². The zero-order valence-corrected chi connectivity index (χ0v) is 9.40. The molecule has 0 bridgehead atoms. The number of carbonyl (C=O) groups is 1. The fourth-order valence-electron chi connectivity index (χ4n) is 1.81. The van der Waals surface area contributed by atoms with Gasteiger partial charge in [0.05, 0.1) is 0 Å². The lowest BCUT2D eigenvalue weighted by Gasteiger charge is -2.08. The van der Waals surface area contributed by atoms with Crippen molar-refractivity contribution in [1.82, 2.24) is 4.98 Å². The number of hydrogen-bond donors (Lipinski definition) is 0. The molecule has 1 aromatic carbocycles. The van der Waals surface area contributed by atoms with Gasteiger partial charge in [0.25, 0.3) is 0 Å². The maximum atomic E-state index is 10.6. The normalized spacial score (nSPS) is 10.1. The lowest BCUT2D eigenvalue weighted by atomic mass is 9.99. The summed E-state index contributed by atoms with van der Waals surface area (Å²) in [6.45, 7) is 4.00. The van der Waals surface area contributed by atoms with Crippen molar-refractivity contribution >= 4 is 6.29 Å². The van der Waals surface area contributed by atoms with Crippen molar-refractivity contribution in [2.24, 2.45) is 0 Å². The second-order valence-electron chi connectivity index (χ2n) is 3.80. The monoisotopic (exact) mass is 211 g/mol. The van der Waals surface area contributed by atoms with Gasteiger partial charge in [0.1, 0.15) is 5.69 Å². The number of hydrogen-bond acceptors (Lipinski definition) is 2. The third-order valence-corrected chi connectivity index (χ3v) is 2.66. The topological polar surface area (TPSA) is 30.0 Å². The van der Waals surface area contributed by atoms with E-state index in [-0.39, 0.29) is 0 Å². The van der Waals surface area contributed by atoms with Crippen molar-refractivity contribution in [3.63, 3.8) is 0 Å². The van der Waals surface area contributed by atoms with Crippen molar-refractivity contribution < 1.29 is 4.79 Å². The Bertz CT molecular complexity index is 532. The van der Waals surface area contributed by atoms with Crippen molar-refractivity contribution in [2.45, 2.75) is 13.8 Å². The molecule has 0 N–H and O–H groups in total. The van der Waals surface area contributed by atoms with Gasteiger partial charge in [-0.15, -0.1) is 0 Å². The number of benzene rings is 1. The minimum Gasteiger partial charge on any atom is -0.296 e. The van der Waals surface area contributed by atoms with Gasteiger partial charge in [0.2, 0.25) is 0 Å². The zero-order valence-electron chi connectivity index (χ0n) is 9.40. The summed E-state index contributed by atoms with van der Waals surface area (Å²) >= 11 is 0. The van der Waals surface area contributed by atoms with Gasteiger partial charge >= 0.3 is 0 Å². The van der Waals surface area contributed by atoms with Gasteiger partial charge in [0.15, 0.2) is 6.29 Å². The molecule has 2 aromatic rings. The van der Waals surface area contributed by atoms with Gasteiger partial charge in [0, 0.05) is 11.3 Å². The Morgan fingerprint density at radius 1 is 1.00 bits per heavy atom. The molecule has 0 radical (unpaired) electrons. The SMILES string of the molecule is Cc1ccccc1-c1ccc(C=O)nc1C. The van der Waals surface area contributed by atoms with E-state index in [1.165, 1.54) is 11.1 Å². The molecule has 16 heavy (non-hydrogen) atoms. The second kappa shape index (κ2) is 4.27. The lowest BCUT2D eigenvalue weighted by Crippen LogP contribution is -1.94. The third kappa shape index (κ3) is 1.87. The van der Waals surface area contributed by atoms with Crippen LogP contribution >= 0.6 is 0 Å². The summed E-state index contributed by atoms with van der Waals surface area (Å²) in [5, 5.41) is 0. The largest absolute Gasteiger partial charge is 0.296 e. The van der Waals surface area contributed by atoms with E-state index in [1.807, 2.05) is 25.1 Å². The van der Waals surface area contributed by atoms with Crippen LogP contribution in [0.25, 0.3) is 11.1 Å². The highest BCUT2D eigenvalue weighted by Gasteiger charge is 2.05. The van der Waals surface area contributed by atoms with Crippen LogP contribution in [0, 0.1) is 13.8 Å². The minimum absolute atomic E-state index is 0.481.